The first-order chi connectivity index (χ1) is 9.10. The Balaban J connectivity index is 2.26. The summed E-state index contributed by atoms with van der Waals surface area (Å²) in [4.78, 5) is 14.4. The van der Waals surface area contributed by atoms with E-state index in [1.807, 2.05) is 50.3 Å². The zero-order valence-corrected chi connectivity index (χ0v) is 14.4. The number of ether oxygens (including phenoxy) is 1. The van der Waals surface area contributed by atoms with Gasteiger partial charge in [-0.1, -0.05) is 0 Å². The number of morpholine rings is 1. The first-order valence-corrected chi connectivity index (χ1v) is 7.65. The summed E-state index contributed by atoms with van der Waals surface area (Å²) in [6, 6.07) is 5.03. The molecule has 0 aliphatic carbocycles. The van der Waals surface area contributed by atoms with Crippen molar-refractivity contribution in [1.82, 2.24) is 4.90 Å². The van der Waals surface area contributed by atoms with Crippen molar-refractivity contribution >= 4 is 28.5 Å². The monoisotopic (exact) mass is 389 g/mol. The van der Waals surface area contributed by atoms with E-state index in [0.29, 0.717) is 18.7 Å². The second kappa shape index (κ2) is 5.18. The average molecular weight is 389 g/mol. The van der Waals surface area contributed by atoms with Crippen LogP contribution >= 0.6 is 22.6 Å². The lowest BCUT2D eigenvalue weighted by Gasteiger charge is -2.47. The van der Waals surface area contributed by atoms with Gasteiger partial charge in [0.2, 0.25) is 0 Å². The lowest BCUT2D eigenvalue weighted by Crippen LogP contribution is -2.58. The Morgan fingerprint density at radius 3 is 2.30 bits per heavy atom. The van der Waals surface area contributed by atoms with Gasteiger partial charge in [-0.2, -0.15) is 0 Å². The minimum Gasteiger partial charge on any atom is -0.507 e. The van der Waals surface area contributed by atoms with Gasteiger partial charge in [-0.05, 0) is 68.5 Å². The molecule has 0 bridgehead atoms. The summed E-state index contributed by atoms with van der Waals surface area (Å²) in [5.74, 6) is 0.0735. The minimum atomic E-state index is -0.372. The highest BCUT2D eigenvalue weighted by Crippen LogP contribution is 2.29. The van der Waals surface area contributed by atoms with Gasteiger partial charge in [0, 0.05) is 18.7 Å². The Morgan fingerprint density at radius 1 is 1.25 bits per heavy atom. The molecule has 1 aromatic carbocycles. The molecule has 1 aliphatic rings. The van der Waals surface area contributed by atoms with E-state index in [4.69, 9.17) is 4.74 Å². The molecule has 0 atom stereocenters. The second-order valence-corrected chi connectivity index (χ2v) is 7.61. The lowest BCUT2D eigenvalue weighted by atomic mass is 9.98. The fraction of sp³-hybridized carbons (Fsp3) is 0.533. The molecule has 0 saturated carbocycles. The highest BCUT2D eigenvalue weighted by molar-refractivity contribution is 14.1. The first-order valence-electron chi connectivity index (χ1n) is 6.58. The van der Waals surface area contributed by atoms with E-state index in [1.165, 1.54) is 6.07 Å². The number of phenolic OH excluding ortho intramolecular Hbond substituents is 1. The van der Waals surface area contributed by atoms with Crippen molar-refractivity contribution in [3.8, 4) is 5.75 Å². The Bertz CT molecular complexity index is 524. The predicted octanol–water partition coefficient (Wildman–Crippen LogP) is 3.03. The predicted molar refractivity (Wildman–Crippen MR) is 86.0 cm³/mol. The summed E-state index contributed by atoms with van der Waals surface area (Å²) in [7, 11) is 0. The molecule has 1 amide bonds. The third kappa shape index (κ3) is 3.44. The van der Waals surface area contributed by atoms with Gasteiger partial charge < -0.3 is 14.7 Å². The number of halogens is 1. The molecular weight excluding hydrogens is 369 g/mol. The van der Waals surface area contributed by atoms with Crippen molar-refractivity contribution < 1.29 is 14.6 Å². The van der Waals surface area contributed by atoms with E-state index in [2.05, 4.69) is 0 Å². The number of amides is 1. The van der Waals surface area contributed by atoms with E-state index >= 15 is 0 Å². The smallest absolute Gasteiger partial charge is 0.254 e. The number of hydrogen-bond donors (Lipinski definition) is 1. The van der Waals surface area contributed by atoms with Gasteiger partial charge in [-0.25, -0.2) is 0 Å². The number of nitrogens with zero attached hydrogens (tertiary/aromatic N) is 1. The summed E-state index contributed by atoms with van der Waals surface area (Å²) in [5.41, 5.74) is -0.234. The van der Waals surface area contributed by atoms with Gasteiger partial charge in [0.1, 0.15) is 5.75 Å². The third-order valence-electron chi connectivity index (χ3n) is 3.18. The maximum Gasteiger partial charge on any atom is 0.254 e. The van der Waals surface area contributed by atoms with Gasteiger partial charge in [-0.3, -0.25) is 4.79 Å². The molecule has 1 fully saturated rings. The second-order valence-electron chi connectivity index (χ2n) is 6.45. The Labute approximate surface area is 133 Å². The fourth-order valence-electron chi connectivity index (χ4n) is 2.76. The summed E-state index contributed by atoms with van der Waals surface area (Å²) < 4.78 is 6.71. The molecule has 1 N–H and O–H groups in total. The van der Waals surface area contributed by atoms with Crippen molar-refractivity contribution in [2.45, 2.75) is 38.9 Å². The zero-order chi connectivity index (χ0) is 15.1. The number of phenols is 1. The Morgan fingerprint density at radius 2 is 1.80 bits per heavy atom. The number of rotatable bonds is 1. The van der Waals surface area contributed by atoms with Crippen LogP contribution in [0.4, 0.5) is 0 Å². The topological polar surface area (TPSA) is 49.8 Å². The van der Waals surface area contributed by atoms with Gasteiger partial charge in [0.15, 0.2) is 0 Å². The van der Waals surface area contributed by atoms with Crippen molar-refractivity contribution in [2.75, 3.05) is 13.1 Å². The molecule has 0 spiro atoms. The maximum absolute atomic E-state index is 12.6. The van der Waals surface area contributed by atoms with Crippen LogP contribution in [0.1, 0.15) is 38.1 Å². The number of hydrogen-bond acceptors (Lipinski definition) is 3. The van der Waals surface area contributed by atoms with Gasteiger partial charge in [0.05, 0.1) is 14.8 Å². The van der Waals surface area contributed by atoms with Gasteiger partial charge >= 0.3 is 0 Å². The zero-order valence-electron chi connectivity index (χ0n) is 12.2. The van der Waals surface area contributed by atoms with Gasteiger partial charge in [0.25, 0.3) is 5.91 Å². The van der Waals surface area contributed by atoms with Crippen LogP contribution in [0.15, 0.2) is 18.2 Å². The largest absolute Gasteiger partial charge is 0.507 e. The number of benzene rings is 1. The highest BCUT2D eigenvalue weighted by Gasteiger charge is 2.40. The van der Waals surface area contributed by atoms with E-state index < -0.39 is 0 Å². The highest BCUT2D eigenvalue weighted by atomic mass is 127. The number of aromatic hydroxyl groups is 1. The molecule has 5 heteroatoms. The molecule has 1 aromatic rings. The summed E-state index contributed by atoms with van der Waals surface area (Å²) in [5, 5.41) is 9.75. The summed E-state index contributed by atoms with van der Waals surface area (Å²) in [6.07, 6.45) is 0. The Hall–Kier alpha value is -0.820. The van der Waals surface area contributed by atoms with Crippen molar-refractivity contribution in [3.63, 3.8) is 0 Å². The molecule has 0 unspecified atom stereocenters. The molecule has 110 valence electrons. The van der Waals surface area contributed by atoms with Crippen molar-refractivity contribution in [3.05, 3.63) is 27.3 Å². The fourth-order valence-corrected chi connectivity index (χ4v) is 3.10. The van der Waals surface area contributed by atoms with Crippen molar-refractivity contribution in [1.29, 1.82) is 0 Å². The van der Waals surface area contributed by atoms with Crippen molar-refractivity contribution in [2.24, 2.45) is 0 Å². The standard InChI is InChI=1S/C15H20INO3/c1-14(2)8-17(9-15(3,4)20-14)13(19)10-5-6-11(16)12(18)7-10/h5-7,18H,8-9H2,1-4H3. The van der Waals surface area contributed by atoms with Crippen LogP contribution in [0.25, 0.3) is 0 Å². The lowest BCUT2D eigenvalue weighted by molar-refractivity contribution is -0.171. The number of carbonyl (C=O) groups is 1. The molecule has 1 aliphatic heterocycles. The molecule has 20 heavy (non-hydrogen) atoms. The summed E-state index contributed by atoms with van der Waals surface area (Å²) >= 11 is 2.03. The molecule has 1 heterocycles. The first kappa shape index (κ1) is 15.6. The van der Waals surface area contributed by atoms with E-state index in [0.717, 1.165) is 3.57 Å². The van der Waals surface area contributed by atoms with Crippen LogP contribution in [0.5, 0.6) is 5.75 Å². The van der Waals surface area contributed by atoms with Crippen LogP contribution in [-0.4, -0.2) is 40.2 Å². The van der Waals surface area contributed by atoms with Gasteiger partial charge in [-0.15, -0.1) is 0 Å². The van der Waals surface area contributed by atoms with Crippen LogP contribution in [0.3, 0.4) is 0 Å². The molecule has 4 nitrogen and oxygen atoms in total. The molecule has 0 aromatic heterocycles. The molecule has 0 radical (unpaired) electrons. The van der Waals surface area contributed by atoms with Crippen LogP contribution in [0, 0.1) is 3.57 Å². The van der Waals surface area contributed by atoms with Crippen LogP contribution in [-0.2, 0) is 4.74 Å². The minimum absolute atomic E-state index is 0.0684. The summed E-state index contributed by atoms with van der Waals surface area (Å²) in [6.45, 7) is 9.03. The van der Waals surface area contributed by atoms with E-state index in [9.17, 15) is 9.90 Å². The molecule has 2 rings (SSSR count). The normalized spacial score (nSPS) is 20.8. The quantitative estimate of drug-likeness (QED) is 0.752. The van der Waals surface area contributed by atoms with E-state index in [1.54, 1.807) is 17.0 Å². The van der Waals surface area contributed by atoms with E-state index in [-0.39, 0.29) is 22.9 Å². The SMILES string of the molecule is CC1(C)CN(C(=O)c2ccc(I)c(O)c2)CC(C)(C)O1. The Kier molecular flexibility index (Phi) is 4.03. The maximum atomic E-state index is 12.6. The van der Waals surface area contributed by atoms with Crippen LogP contribution in [0.2, 0.25) is 0 Å². The molecule has 1 saturated heterocycles. The third-order valence-corrected chi connectivity index (χ3v) is 4.09. The molecular formula is C15H20INO3. The number of carbonyl (C=O) groups excluding carboxylic acids is 1. The average Bonchev–Trinajstić information content (AvgIpc) is 2.27. The van der Waals surface area contributed by atoms with Crippen LogP contribution < -0.4 is 0 Å².